The van der Waals surface area contributed by atoms with Crippen LogP contribution in [-0.4, -0.2) is 44.2 Å². The van der Waals surface area contributed by atoms with Crippen molar-refractivity contribution in [2.24, 2.45) is 17.8 Å². The second kappa shape index (κ2) is 8.12. The fourth-order valence-electron chi connectivity index (χ4n) is 4.85. The summed E-state index contributed by atoms with van der Waals surface area (Å²) in [5.41, 5.74) is -0.0809. The molecule has 0 saturated heterocycles. The lowest BCUT2D eigenvalue weighted by Crippen LogP contribution is -2.58. The maximum absolute atomic E-state index is 11.0. The normalized spacial score (nSPS) is 37.2. The smallest absolute Gasteiger partial charge is 0.303 e. The summed E-state index contributed by atoms with van der Waals surface area (Å²) in [5, 5.41) is 40.5. The number of aliphatic carboxylic acids is 1. The van der Waals surface area contributed by atoms with Crippen molar-refractivity contribution >= 4 is 5.97 Å². The minimum atomic E-state index is -0.965. The van der Waals surface area contributed by atoms with E-state index in [0.717, 1.165) is 31.3 Å². The minimum Gasteiger partial charge on any atom is -0.481 e. The molecular weight excluding hydrogens is 332 g/mol. The first-order valence-corrected chi connectivity index (χ1v) is 9.92. The van der Waals surface area contributed by atoms with Crippen LogP contribution in [0.3, 0.4) is 0 Å². The molecule has 5 atom stereocenters. The number of carboxylic acid groups (broad SMARTS) is 1. The molecule has 4 N–H and O–H groups in total. The van der Waals surface area contributed by atoms with E-state index in [1.165, 1.54) is 6.42 Å². The Bertz CT molecular complexity index is 610. The lowest BCUT2D eigenvalue weighted by atomic mass is 9.53. The second-order valence-electron chi connectivity index (χ2n) is 8.16. The van der Waals surface area contributed by atoms with Crippen LogP contribution in [0.4, 0.5) is 0 Å². The molecule has 3 aliphatic carbocycles. The molecule has 26 heavy (non-hydrogen) atoms. The van der Waals surface area contributed by atoms with Gasteiger partial charge >= 0.3 is 5.97 Å². The van der Waals surface area contributed by atoms with Crippen LogP contribution in [0.15, 0.2) is 11.6 Å². The molecule has 0 amide bonds. The molecule has 144 valence electrons. The molecule has 5 heteroatoms. The molecule has 0 bridgehead atoms. The molecule has 3 rings (SSSR count). The molecule has 0 spiro atoms. The summed E-state index contributed by atoms with van der Waals surface area (Å²) in [4.78, 5) is 10.7. The fraction of sp³-hybridized carbons (Fsp3) is 0.762. The molecule has 0 heterocycles. The summed E-state index contributed by atoms with van der Waals surface area (Å²) in [6.45, 7) is 0. The van der Waals surface area contributed by atoms with E-state index in [1.54, 1.807) is 0 Å². The predicted molar refractivity (Wildman–Crippen MR) is 97.1 cm³/mol. The van der Waals surface area contributed by atoms with Crippen molar-refractivity contribution in [1.29, 1.82) is 0 Å². The molecule has 0 aliphatic heterocycles. The van der Waals surface area contributed by atoms with E-state index in [9.17, 15) is 20.1 Å². The Morgan fingerprint density at radius 3 is 2.69 bits per heavy atom. The first-order valence-electron chi connectivity index (χ1n) is 9.92. The summed E-state index contributed by atoms with van der Waals surface area (Å²) in [5.74, 6) is 4.97. The topological polar surface area (TPSA) is 98.0 Å². The van der Waals surface area contributed by atoms with E-state index in [2.05, 4.69) is 11.8 Å². The molecule has 1 unspecified atom stereocenters. The maximum atomic E-state index is 11.0. The monoisotopic (exact) mass is 362 g/mol. The average molecular weight is 362 g/mol. The Balaban J connectivity index is 1.65. The third-order valence-electron chi connectivity index (χ3n) is 6.52. The van der Waals surface area contributed by atoms with Gasteiger partial charge in [-0.25, -0.2) is 0 Å². The summed E-state index contributed by atoms with van der Waals surface area (Å²) in [6, 6.07) is 0. The second-order valence-corrected chi connectivity index (χ2v) is 8.16. The molecule has 3 fully saturated rings. The SMILES string of the molecule is O=C(O)CCC=C1C[C@@H]2[C@@H](C#CC(O)C3CCCCC3)[C@H](O)CC[C@]12O. The quantitative estimate of drug-likeness (QED) is 0.454. The highest BCUT2D eigenvalue weighted by atomic mass is 16.4. The summed E-state index contributed by atoms with van der Waals surface area (Å²) >= 11 is 0. The van der Waals surface area contributed by atoms with E-state index >= 15 is 0 Å². The van der Waals surface area contributed by atoms with Crippen LogP contribution < -0.4 is 0 Å². The predicted octanol–water partition coefficient (Wildman–Crippen LogP) is 2.24. The van der Waals surface area contributed by atoms with Gasteiger partial charge in [0.05, 0.1) is 17.6 Å². The van der Waals surface area contributed by atoms with Gasteiger partial charge in [0.1, 0.15) is 6.10 Å². The molecule has 0 radical (unpaired) electrons. The lowest BCUT2D eigenvalue weighted by Gasteiger charge is -2.55. The Labute approximate surface area is 155 Å². The van der Waals surface area contributed by atoms with Crippen LogP contribution in [0, 0.1) is 29.6 Å². The lowest BCUT2D eigenvalue weighted by molar-refractivity contribution is -0.137. The number of hydrogen-bond donors (Lipinski definition) is 4. The number of fused-ring (bicyclic) bond motifs is 1. The number of aliphatic hydroxyl groups is 3. The Morgan fingerprint density at radius 1 is 1.27 bits per heavy atom. The van der Waals surface area contributed by atoms with E-state index < -0.39 is 23.8 Å². The van der Waals surface area contributed by atoms with Gasteiger partial charge in [0.2, 0.25) is 0 Å². The number of aliphatic hydroxyl groups excluding tert-OH is 2. The zero-order valence-electron chi connectivity index (χ0n) is 15.2. The first kappa shape index (κ1) is 19.4. The highest BCUT2D eigenvalue weighted by Gasteiger charge is 2.56. The molecule has 0 aromatic carbocycles. The molecule has 0 aromatic heterocycles. The van der Waals surface area contributed by atoms with Crippen molar-refractivity contribution in [2.75, 3.05) is 0 Å². The largest absolute Gasteiger partial charge is 0.481 e. The van der Waals surface area contributed by atoms with Gasteiger partial charge in [-0.2, -0.15) is 0 Å². The standard InChI is InChI=1S/C21H30O5/c22-18(14-5-2-1-3-6-14)10-9-16-17-13-15(7-4-8-20(24)25)21(17,26)12-11-19(16)23/h7,14,16-19,22-23,26H,1-6,8,11-13H2,(H,24,25)/t16-,17-,18?,19-,21+/m1/s1. The number of rotatable bonds is 4. The Morgan fingerprint density at radius 2 is 2.00 bits per heavy atom. The van der Waals surface area contributed by atoms with Gasteiger partial charge in [0.15, 0.2) is 0 Å². The van der Waals surface area contributed by atoms with Gasteiger partial charge in [-0.05, 0) is 50.0 Å². The summed E-state index contributed by atoms with van der Waals surface area (Å²) < 4.78 is 0. The minimum absolute atomic E-state index is 0.0592. The van der Waals surface area contributed by atoms with Crippen LogP contribution in [0.5, 0.6) is 0 Å². The van der Waals surface area contributed by atoms with Crippen molar-refractivity contribution in [2.45, 2.75) is 82.0 Å². The maximum Gasteiger partial charge on any atom is 0.303 e. The third kappa shape index (κ3) is 3.98. The average Bonchev–Trinajstić information content (AvgIpc) is 2.63. The van der Waals surface area contributed by atoms with Crippen molar-refractivity contribution in [3.8, 4) is 11.8 Å². The molecule has 5 nitrogen and oxygen atoms in total. The van der Waals surface area contributed by atoms with E-state index in [0.29, 0.717) is 25.7 Å². The Kier molecular flexibility index (Phi) is 6.06. The van der Waals surface area contributed by atoms with Gasteiger partial charge in [0, 0.05) is 12.3 Å². The van der Waals surface area contributed by atoms with Gasteiger partial charge in [-0.15, -0.1) is 0 Å². The third-order valence-corrected chi connectivity index (χ3v) is 6.52. The van der Waals surface area contributed by atoms with Crippen molar-refractivity contribution in [1.82, 2.24) is 0 Å². The van der Waals surface area contributed by atoms with Crippen LogP contribution in [0.1, 0.15) is 64.2 Å². The summed E-state index contributed by atoms with van der Waals surface area (Å²) in [6.07, 6.45) is 8.21. The van der Waals surface area contributed by atoms with E-state index in [1.807, 2.05) is 6.08 Å². The molecule has 0 aromatic rings. The van der Waals surface area contributed by atoms with E-state index in [-0.39, 0.29) is 24.2 Å². The van der Waals surface area contributed by atoms with Gasteiger partial charge in [-0.1, -0.05) is 37.2 Å². The number of carboxylic acids is 1. The summed E-state index contributed by atoms with van der Waals surface area (Å²) in [7, 11) is 0. The number of allylic oxidation sites excluding steroid dienone is 1. The van der Waals surface area contributed by atoms with Gasteiger partial charge < -0.3 is 20.4 Å². The first-order chi connectivity index (χ1) is 12.4. The Hall–Kier alpha value is -1.35. The van der Waals surface area contributed by atoms with Gasteiger partial charge in [-0.3, -0.25) is 4.79 Å². The van der Waals surface area contributed by atoms with Crippen LogP contribution in [0.2, 0.25) is 0 Å². The molecule has 3 aliphatic rings. The molecular formula is C21H30O5. The van der Waals surface area contributed by atoms with Crippen LogP contribution in [-0.2, 0) is 4.79 Å². The van der Waals surface area contributed by atoms with Crippen LogP contribution in [0.25, 0.3) is 0 Å². The van der Waals surface area contributed by atoms with Crippen molar-refractivity contribution < 1.29 is 25.2 Å². The highest BCUT2D eigenvalue weighted by Crippen LogP contribution is 2.54. The highest BCUT2D eigenvalue weighted by molar-refractivity contribution is 5.66. The fourth-order valence-corrected chi connectivity index (χ4v) is 4.85. The van der Waals surface area contributed by atoms with Crippen molar-refractivity contribution in [3.05, 3.63) is 11.6 Å². The zero-order chi connectivity index (χ0) is 18.7. The number of carbonyl (C=O) groups is 1. The van der Waals surface area contributed by atoms with Crippen molar-refractivity contribution in [3.63, 3.8) is 0 Å². The van der Waals surface area contributed by atoms with E-state index in [4.69, 9.17) is 5.11 Å². The number of hydrogen-bond acceptors (Lipinski definition) is 4. The zero-order valence-corrected chi connectivity index (χ0v) is 15.2. The van der Waals surface area contributed by atoms with Gasteiger partial charge in [0.25, 0.3) is 0 Å². The molecule has 3 saturated carbocycles. The van der Waals surface area contributed by atoms with Crippen LogP contribution >= 0.6 is 0 Å².